The molecule has 0 radical (unpaired) electrons. The maximum Gasteiger partial charge on any atom is -0.00194 e. The van der Waals surface area contributed by atoms with E-state index in [0.717, 1.165) is 18.4 Å². The van der Waals surface area contributed by atoms with Gasteiger partial charge in [0.15, 0.2) is 0 Å². The minimum Gasteiger partial charge on any atom is -0.330 e. The topological polar surface area (TPSA) is 29.3 Å². The van der Waals surface area contributed by atoms with Crippen LogP contribution in [0, 0.1) is 11.8 Å². The van der Waals surface area contributed by atoms with Crippen LogP contribution in [0.1, 0.15) is 59.3 Å². The van der Waals surface area contributed by atoms with Gasteiger partial charge in [-0.3, -0.25) is 0 Å². The third-order valence-electron chi connectivity index (χ3n) is 3.51. The van der Waals surface area contributed by atoms with Crippen LogP contribution in [0.15, 0.2) is 0 Å². The first kappa shape index (κ1) is 16.9. The van der Waals surface area contributed by atoms with E-state index in [1.807, 2.05) is 0 Å². The lowest BCUT2D eigenvalue weighted by Gasteiger charge is -2.20. The fraction of sp³-hybridized carbons (Fsp3) is 1.00. The molecule has 0 rings (SSSR count). The lowest BCUT2D eigenvalue weighted by atomic mass is 9.94. The molecule has 2 N–H and O–H groups in total. The first-order chi connectivity index (χ1) is 8.10. The second-order valence-corrected chi connectivity index (χ2v) is 5.86. The highest BCUT2D eigenvalue weighted by Crippen LogP contribution is 2.17. The van der Waals surface area contributed by atoms with Crippen molar-refractivity contribution in [1.29, 1.82) is 0 Å². The van der Waals surface area contributed by atoms with Gasteiger partial charge in [-0.1, -0.05) is 33.6 Å². The Hall–Kier alpha value is -0.0800. The van der Waals surface area contributed by atoms with Crippen molar-refractivity contribution >= 4 is 0 Å². The molecule has 0 saturated carbocycles. The summed E-state index contributed by atoms with van der Waals surface area (Å²) < 4.78 is 0. The normalized spacial score (nSPS) is 13.6. The fourth-order valence-electron chi connectivity index (χ4n) is 2.32. The second-order valence-electron chi connectivity index (χ2n) is 5.86. The summed E-state index contributed by atoms with van der Waals surface area (Å²) in [5.41, 5.74) is 5.66. The second kappa shape index (κ2) is 11.0. The summed E-state index contributed by atoms with van der Waals surface area (Å²) in [6.45, 7) is 10.2. The van der Waals surface area contributed by atoms with Crippen molar-refractivity contribution in [3.8, 4) is 0 Å². The van der Waals surface area contributed by atoms with Crippen LogP contribution in [-0.2, 0) is 0 Å². The Morgan fingerprint density at radius 2 is 1.71 bits per heavy atom. The van der Waals surface area contributed by atoms with Gasteiger partial charge in [0.2, 0.25) is 0 Å². The van der Waals surface area contributed by atoms with Crippen molar-refractivity contribution in [2.75, 3.05) is 26.7 Å². The standard InChI is InChI=1S/C15H34N2/c1-5-7-15(9-11-16)8-6-12-17(4)13-10-14(2)3/h14-15H,5-13,16H2,1-4H3. The summed E-state index contributed by atoms with van der Waals surface area (Å²) in [5.74, 6) is 1.69. The highest BCUT2D eigenvalue weighted by molar-refractivity contribution is 4.62. The van der Waals surface area contributed by atoms with Gasteiger partial charge in [-0.05, 0) is 64.2 Å². The van der Waals surface area contributed by atoms with Gasteiger partial charge in [0.05, 0.1) is 0 Å². The molecule has 1 atom stereocenters. The van der Waals surface area contributed by atoms with Crippen molar-refractivity contribution in [2.45, 2.75) is 59.3 Å². The predicted octanol–water partition coefficient (Wildman–Crippen LogP) is 3.51. The average molecular weight is 242 g/mol. The molecule has 2 nitrogen and oxygen atoms in total. The summed E-state index contributed by atoms with van der Waals surface area (Å²) in [5, 5.41) is 0. The van der Waals surface area contributed by atoms with E-state index in [4.69, 9.17) is 5.73 Å². The number of hydrogen-bond donors (Lipinski definition) is 1. The van der Waals surface area contributed by atoms with Crippen LogP contribution < -0.4 is 5.73 Å². The largest absolute Gasteiger partial charge is 0.330 e. The van der Waals surface area contributed by atoms with Crippen LogP contribution >= 0.6 is 0 Å². The van der Waals surface area contributed by atoms with Gasteiger partial charge in [0, 0.05) is 0 Å². The molecule has 0 aromatic heterocycles. The van der Waals surface area contributed by atoms with Crippen LogP contribution in [0.3, 0.4) is 0 Å². The minimum absolute atomic E-state index is 0.822. The monoisotopic (exact) mass is 242 g/mol. The van der Waals surface area contributed by atoms with E-state index in [0.29, 0.717) is 0 Å². The molecule has 17 heavy (non-hydrogen) atoms. The number of rotatable bonds is 11. The Kier molecular flexibility index (Phi) is 11.0. The smallest absolute Gasteiger partial charge is 0.00194 e. The molecule has 1 unspecified atom stereocenters. The van der Waals surface area contributed by atoms with Crippen LogP contribution in [-0.4, -0.2) is 31.6 Å². The highest BCUT2D eigenvalue weighted by Gasteiger charge is 2.07. The first-order valence-corrected chi connectivity index (χ1v) is 7.48. The molecule has 0 saturated heterocycles. The maximum absolute atomic E-state index is 5.66. The molecule has 104 valence electrons. The van der Waals surface area contributed by atoms with Crippen LogP contribution in [0.25, 0.3) is 0 Å². The highest BCUT2D eigenvalue weighted by atomic mass is 15.1. The number of hydrogen-bond acceptors (Lipinski definition) is 2. The van der Waals surface area contributed by atoms with Gasteiger partial charge in [0.25, 0.3) is 0 Å². The van der Waals surface area contributed by atoms with Crippen molar-refractivity contribution in [3.05, 3.63) is 0 Å². The van der Waals surface area contributed by atoms with Gasteiger partial charge in [-0.2, -0.15) is 0 Å². The van der Waals surface area contributed by atoms with E-state index in [2.05, 4.69) is 32.7 Å². The molecule has 0 bridgehead atoms. The van der Waals surface area contributed by atoms with Gasteiger partial charge < -0.3 is 10.6 Å². The van der Waals surface area contributed by atoms with Crippen molar-refractivity contribution in [3.63, 3.8) is 0 Å². The molecule has 0 aliphatic heterocycles. The van der Waals surface area contributed by atoms with Crippen molar-refractivity contribution in [2.24, 2.45) is 17.6 Å². The Morgan fingerprint density at radius 3 is 2.24 bits per heavy atom. The van der Waals surface area contributed by atoms with Crippen LogP contribution in [0.2, 0.25) is 0 Å². The number of nitrogens with zero attached hydrogens (tertiary/aromatic N) is 1. The van der Waals surface area contributed by atoms with Gasteiger partial charge in [0.1, 0.15) is 0 Å². The van der Waals surface area contributed by atoms with Crippen molar-refractivity contribution in [1.82, 2.24) is 4.90 Å². The molecule has 0 aromatic carbocycles. The van der Waals surface area contributed by atoms with Gasteiger partial charge >= 0.3 is 0 Å². The summed E-state index contributed by atoms with van der Waals surface area (Å²) in [6, 6.07) is 0. The zero-order valence-corrected chi connectivity index (χ0v) is 12.5. The zero-order valence-electron chi connectivity index (χ0n) is 12.5. The Bertz CT molecular complexity index is 151. The Labute approximate surface area is 109 Å². The van der Waals surface area contributed by atoms with Crippen LogP contribution in [0.4, 0.5) is 0 Å². The maximum atomic E-state index is 5.66. The molecular weight excluding hydrogens is 208 g/mol. The summed E-state index contributed by atoms with van der Waals surface area (Å²) in [6.07, 6.45) is 7.87. The van der Waals surface area contributed by atoms with E-state index < -0.39 is 0 Å². The molecule has 0 amide bonds. The summed E-state index contributed by atoms with van der Waals surface area (Å²) in [7, 11) is 2.25. The lowest BCUT2D eigenvalue weighted by molar-refractivity contribution is 0.288. The third-order valence-corrected chi connectivity index (χ3v) is 3.51. The van der Waals surface area contributed by atoms with Crippen LogP contribution in [0.5, 0.6) is 0 Å². The quantitative estimate of drug-likeness (QED) is 0.601. The Balaban J connectivity index is 3.57. The molecule has 0 aliphatic carbocycles. The van der Waals surface area contributed by atoms with E-state index in [1.165, 1.54) is 51.6 Å². The third kappa shape index (κ3) is 10.8. The molecule has 0 aromatic rings. The molecular formula is C15H34N2. The first-order valence-electron chi connectivity index (χ1n) is 7.48. The zero-order chi connectivity index (χ0) is 13.1. The molecule has 0 fully saturated rings. The number of nitrogens with two attached hydrogens (primary N) is 1. The molecule has 2 heteroatoms. The van der Waals surface area contributed by atoms with E-state index in [9.17, 15) is 0 Å². The summed E-state index contributed by atoms with van der Waals surface area (Å²) >= 11 is 0. The predicted molar refractivity (Wildman–Crippen MR) is 78.3 cm³/mol. The fourth-order valence-corrected chi connectivity index (χ4v) is 2.32. The van der Waals surface area contributed by atoms with E-state index >= 15 is 0 Å². The minimum atomic E-state index is 0.822. The van der Waals surface area contributed by atoms with Gasteiger partial charge in [-0.25, -0.2) is 0 Å². The van der Waals surface area contributed by atoms with E-state index in [-0.39, 0.29) is 0 Å². The molecule has 0 aliphatic rings. The molecule has 0 spiro atoms. The average Bonchev–Trinajstić information content (AvgIpc) is 2.27. The van der Waals surface area contributed by atoms with E-state index in [1.54, 1.807) is 0 Å². The lowest BCUT2D eigenvalue weighted by Crippen LogP contribution is -2.22. The van der Waals surface area contributed by atoms with Gasteiger partial charge in [-0.15, -0.1) is 0 Å². The Morgan fingerprint density at radius 1 is 1.00 bits per heavy atom. The molecule has 0 heterocycles. The summed E-state index contributed by atoms with van der Waals surface area (Å²) in [4.78, 5) is 2.48. The van der Waals surface area contributed by atoms with Crippen molar-refractivity contribution < 1.29 is 0 Å². The SMILES string of the molecule is CCCC(CCN)CCCN(C)CCC(C)C.